The van der Waals surface area contributed by atoms with Crippen molar-refractivity contribution >= 4 is 12.0 Å². The van der Waals surface area contributed by atoms with Crippen molar-refractivity contribution in [2.75, 3.05) is 20.8 Å². The smallest absolute Gasteiger partial charge is 0.223 e. The van der Waals surface area contributed by atoms with Gasteiger partial charge in [0.15, 0.2) is 11.5 Å². The molecule has 0 radical (unpaired) electrons. The molecule has 1 amide bonds. The van der Waals surface area contributed by atoms with Crippen molar-refractivity contribution in [1.29, 1.82) is 0 Å². The number of nitrogens with one attached hydrogen (secondary N) is 1. The van der Waals surface area contributed by atoms with Gasteiger partial charge in [-0.3, -0.25) is 4.79 Å². The summed E-state index contributed by atoms with van der Waals surface area (Å²) in [4.78, 5) is 11.8. The highest BCUT2D eigenvalue weighted by Gasteiger charge is 2.05. The van der Waals surface area contributed by atoms with Crippen LogP contribution in [-0.4, -0.2) is 26.7 Å². The first-order chi connectivity index (χ1) is 11.7. The first-order valence-corrected chi connectivity index (χ1v) is 7.92. The van der Waals surface area contributed by atoms with Gasteiger partial charge in [-0.25, -0.2) is 0 Å². The third-order valence-electron chi connectivity index (χ3n) is 3.60. The van der Waals surface area contributed by atoms with E-state index in [-0.39, 0.29) is 5.91 Å². The topological polar surface area (TPSA) is 47.6 Å². The molecule has 0 bridgehead atoms. The van der Waals surface area contributed by atoms with E-state index in [4.69, 9.17) is 9.47 Å². The predicted octanol–water partition coefficient (Wildman–Crippen LogP) is 3.47. The average Bonchev–Trinajstić information content (AvgIpc) is 2.62. The minimum Gasteiger partial charge on any atom is -0.493 e. The van der Waals surface area contributed by atoms with Crippen LogP contribution in [0.25, 0.3) is 6.08 Å². The number of benzene rings is 2. The summed E-state index contributed by atoms with van der Waals surface area (Å²) in [5.74, 6) is 1.42. The molecule has 0 saturated carbocycles. The quantitative estimate of drug-likeness (QED) is 0.808. The van der Waals surface area contributed by atoms with Gasteiger partial charge in [0.05, 0.1) is 14.2 Å². The number of methoxy groups -OCH3 is 2. The molecule has 0 aromatic heterocycles. The van der Waals surface area contributed by atoms with Crippen molar-refractivity contribution < 1.29 is 14.3 Å². The summed E-state index contributed by atoms with van der Waals surface area (Å²) in [7, 11) is 3.23. The lowest BCUT2D eigenvalue weighted by Crippen LogP contribution is -2.24. The summed E-state index contributed by atoms with van der Waals surface area (Å²) in [5.41, 5.74) is 2.18. The second-order valence-corrected chi connectivity index (χ2v) is 5.31. The maximum absolute atomic E-state index is 11.8. The van der Waals surface area contributed by atoms with Crippen LogP contribution in [-0.2, 0) is 11.2 Å². The van der Waals surface area contributed by atoms with E-state index in [1.165, 1.54) is 0 Å². The Labute approximate surface area is 143 Å². The fourth-order valence-corrected chi connectivity index (χ4v) is 2.32. The summed E-state index contributed by atoms with van der Waals surface area (Å²) >= 11 is 0. The second kappa shape index (κ2) is 9.40. The van der Waals surface area contributed by atoms with Crippen LogP contribution < -0.4 is 14.8 Å². The van der Waals surface area contributed by atoms with Crippen molar-refractivity contribution in [1.82, 2.24) is 5.32 Å². The molecule has 0 unspecified atom stereocenters. The molecule has 0 aliphatic rings. The van der Waals surface area contributed by atoms with Crippen LogP contribution in [0.1, 0.15) is 17.5 Å². The fourth-order valence-electron chi connectivity index (χ4n) is 2.32. The minimum absolute atomic E-state index is 0.0163. The van der Waals surface area contributed by atoms with Crippen LogP contribution in [0.15, 0.2) is 54.6 Å². The van der Waals surface area contributed by atoms with Crippen LogP contribution in [0.5, 0.6) is 11.5 Å². The van der Waals surface area contributed by atoms with Gasteiger partial charge in [0.2, 0.25) is 5.91 Å². The second-order valence-electron chi connectivity index (χ2n) is 5.31. The van der Waals surface area contributed by atoms with E-state index in [0.717, 1.165) is 17.5 Å². The Morgan fingerprint density at radius 1 is 1.04 bits per heavy atom. The number of ether oxygens (including phenoxy) is 2. The van der Waals surface area contributed by atoms with E-state index in [2.05, 4.69) is 5.32 Å². The molecule has 126 valence electrons. The van der Waals surface area contributed by atoms with Gasteiger partial charge in [0.1, 0.15) is 0 Å². The number of hydrogen-bond donors (Lipinski definition) is 1. The number of amides is 1. The van der Waals surface area contributed by atoms with Gasteiger partial charge in [-0.15, -0.1) is 0 Å². The van der Waals surface area contributed by atoms with E-state index in [0.29, 0.717) is 24.5 Å². The van der Waals surface area contributed by atoms with Gasteiger partial charge in [-0.1, -0.05) is 48.6 Å². The van der Waals surface area contributed by atoms with Crippen LogP contribution in [0.3, 0.4) is 0 Å². The Balaban J connectivity index is 1.75. The zero-order valence-electron chi connectivity index (χ0n) is 14.1. The number of hydrogen-bond acceptors (Lipinski definition) is 3. The van der Waals surface area contributed by atoms with Gasteiger partial charge in [-0.05, 0) is 29.7 Å². The highest BCUT2D eigenvalue weighted by molar-refractivity contribution is 5.78. The molecule has 0 atom stereocenters. The summed E-state index contributed by atoms with van der Waals surface area (Å²) in [6, 6.07) is 15.7. The van der Waals surface area contributed by atoms with Crippen molar-refractivity contribution in [3.05, 3.63) is 65.7 Å². The molecule has 0 heterocycles. The Kier molecular flexibility index (Phi) is 6.90. The fraction of sp³-hybridized carbons (Fsp3) is 0.250. The van der Waals surface area contributed by atoms with E-state index in [1.54, 1.807) is 14.2 Å². The zero-order chi connectivity index (χ0) is 17.2. The Bertz CT molecular complexity index is 681. The zero-order valence-corrected chi connectivity index (χ0v) is 14.1. The molecule has 0 saturated heterocycles. The molecule has 2 aromatic rings. The van der Waals surface area contributed by atoms with Crippen LogP contribution in [0.4, 0.5) is 0 Å². The standard InChI is InChI=1S/C20H23NO3/c1-23-18-12-11-17(15-19(18)24-2)13-14-21-20(22)10-6-9-16-7-4-3-5-8-16/h3-9,11-12,15H,10,13-14H2,1-2H3,(H,21,22)/b9-6+. The molecular formula is C20H23NO3. The minimum atomic E-state index is 0.0163. The van der Waals surface area contributed by atoms with E-state index >= 15 is 0 Å². The SMILES string of the molecule is COc1ccc(CCNC(=O)C/C=C/c2ccccc2)cc1OC. The summed E-state index contributed by atoms with van der Waals surface area (Å²) < 4.78 is 10.5. The lowest BCUT2D eigenvalue weighted by atomic mass is 10.1. The summed E-state index contributed by atoms with van der Waals surface area (Å²) in [6.07, 6.45) is 4.95. The molecule has 0 aliphatic heterocycles. The van der Waals surface area contributed by atoms with Crippen LogP contribution in [0.2, 0.25) is 0 Å². The normalized spacial score (nSPS) is 10.6. The van der Waals surface area contributed by atoms with Gasteiger partial charge >= 0.3 is 0 Å². The third-order valence-corrected chi connectivity index (χ3v) is 3.60. The van der Waals surface area contributed by atoms with Gasteiger partial charge in [-0.2, -0.15) is 0 Å². The molecule has 24 heavy (non-hydrogen) atoms. The van der Waals surface area contributed by atoms with Gasteiger partial charge < -0.3 is 14.8 Å². The maximum atomic E-state index is 11.8. The Morgan fingerprint density at radius 2 is 1.79 bits per heavy atom. The van der Waals surface area contributed by atoms with Gasteiger partial charge in [0, 0.05) is 13.0 Å². The van der Waals surface area contributed by atoms with Crippen LogP contribution >= 0.6 is 0 Å². The molecule has 0 spiro atoms. The highest BCUT2D eigenvalue weighted by Crippen LogP contribution is 2.27. The van der Waals surface area contributed by atoms with Gasteiger partial charge in [0.25, 0.3) is 0 Å². The van der Waals surface area contributed by atoms with Crippen molar-refractivity contribution in [3.8, 4) is 11.5 Å². The number of carbonyl (C=O) groups excluding carboxylic acids is 1. The molecule has 2 rings (SSSR count). The largest absolute Gasteiger partial charge is 0.493 e. The first kappa shape index (κ1) is 17.6. The molecule has 0 fully saturated rings. The van der Waals surface area contributed by atoms with E-state index < -0.39 is 0 Å². The van der Waals surface area contributed by atoms with Crippen molar-refractivity contribution in [2.45, 2.75) is 12.8 Å². The monoisotopic (exact) mass is 325 g/mol. The molecule has 0 aliphatic carbocycles. The highest BCUT2D eigenvalue weighted by atomic mass is 16.5. The van der Waals surface area contributed by atoms with Crippen LogP contribution in [0, 0.1) is 0 Å². The Hall–Kier alpha value is -2.75. The Morgan fingerprint density at radius 3 is 2.50 bits per heavy atom. The number of rotatable bonds is 8. The summed E-state index contributed by atoms with van der Waals surface area (Å²) in [6.45, 7) is 0.591. The van der Waals surface area contributed by atoms with E-state index in [9.17, 15) is 4.79 Å². The predicted molar refractivity (Wildman–Crippen MR) is 96.4 cm³/mol. The lowest BCUT2D eigenvalue weighted by molar-refractivity contribution is -0.120. The van der Waals surface area contributed by atoms with E-state index in [1.807, 2.05) is 60.7 Å². The lowest BCUT2D eigenvalue weighted by Gasteiger charge is -2.10. The number of carbonyl (C=O) groups is 1. The third kappa shape index (κ3) is 5.47. The molecule has 2 aromatic carbocycles. The molecular weight excluding hydrogens is 302 g/mol. The molecule has 1 N–H and O–H groups in total. The first-order valence-electron chi connectivity index (χ1n) is 7.92. The van der Waals surface area contributed by atoms with Crippen molar-refractivity contribution in [3.63, 3.8) is 0 Å². The van der Waals surface area contributed by atoms with Crippen molar-refractivity contribution in [2.24, 2.45) is 0 Å². The molecule has 4 nitrogen and oxygen atoms in total. The molecule has 4 heteroatoms. The average molecular weight is 325 g/mol. The maximum Gasteiger partial charge on any atom is 0.223 e. The summed E-state index contributed by atoms with van der Waals surface area (Å²) in [5, 5.41) is 2.92.